The Morgan fingerprint density at radius 3 is 2.75 bits per heavy atom. The van der Waals surface area contributed by atoms with Gasteiger partial charge in [0.05, 0.1) is 4.47 Å². The van der Waals surface area contributed by atoms with Gasteiger partial charge in [-0.2, -0.15) is 0 Å². The van der Waals surface area contributed by atoms with Crippen LogP contribution in [-0.2, 0) is 4.79 Å². The molecule has 1 N–H and O–H groups in total. The molecule has 0 spiro atoms. The van der Waals surface area contributed by atoms with Crippen molar-refractivity contribution in [1.29, 1.82) is 0 Å². The Morgan fingerprint density at radius 1 is 1.30 bits per heavy atom. The van der Waals surface area contributed by atoms with Crippen LogP contribution < -0.4 is 10.1 Å². The van der Waals surface area contributed by atoms with E-state index in [2.05, 4.69) is 21.2 Å². The minimum atomic E-state index is -0.373. The molecular formula is C15H13BrFNO2. The topological polar surface area (TPSA) is 38.3 Å². The van der Waals surface area contributed by atoms with Crippen LogP contribution in [-0.4, -0.2) is 12.5 Å². The number of aryl methyl sites for hydroxylation is 1. The molecule has 2 rings (SSSR count). The van der Waals surface area contributed by atoms with Gasteiger partial charge in [-0.05, 0) is 52.7 Å². The van der Waals surface area contributed by atoms with Gasteiger partial charge in [0.25, 0.3) is 5.91 Å². The maximum atomic E-state index is 13.0. The van der Waals surface area contributed by atoms with Gasteiger partial charge in [-0.3, -0.25) is 4.79 Å². The second kappa shape index (κ2) is 6.52. The Hall–Kier alpha value is -1.88. The van der Waals surface area contributed by atoms with E-state index in [1.807, 2.05) is 31.2 Å². The Morgan fingerprint density at radius 2 is 2.05 bits per heavy atom. The Labute approximate surface area is 124 Å². The number of benzene rings is 2. The molecule has 0 saturated heterocycles. The number of halogens is 2. The lowest BCUT2D eigenvalue weighted by molar-refractivity contribution is -0.118. The van der Waals surface area contributed by atoms with Crippen molar-refractivity contribution in [3.05, 3.63) is 58.3 Å². The summed E-state index contributed by atoms with van der Waals surface area (Å²) in [5.74, 6) is -0.209. The second-order valence-corrected chi connectivity index (χ2v) is 5.08. The molecule has 0 aliphatic rings. The zero-order chi connectivity index (χ0) is 14.5. The monoisotopic (exact) mass is 337 g/mol. The number of hydrogen-bond acceptors (Lipinski definition) is 2. The first-order valence-electron chi connectivity index (χ1n) is 5.99. The van der Waals surface area contributed by atoms with Crippen LogP contribution in [0, 0.1) is 12.7 Å². The molecule has 0 heterocycles. The third-order valence-corrected chi connectivity index (χ3v) is 3.29. The molecule has 2 aromatic carbocycles. The highest BCUT2D eigenvalue weighted by molar-refractivity contribution is 9.10. The van der Waals surface area contributed by atoms with Gasteiger partial charge in [-0.25, -0.2) is 4.39 Å². The van der Waals surface area contributed by atoms with E-state index in [4.69, 9.17) is 4.74 Å². The number of para-hydroxylation sites is 1. The van der Waals surface area contributed by atoms with Gasteiger partial charge in [-0.15, -0.1) is 0 Å². The molecule has 0 bridgehead atoms. The van der Waals surface area contributed by atoms with Gasteiger partial charge in [0, 0.05) is 5.69 Å². The molecule has 1 amide bonds. The molecule has 2 aromatic rings. The van der Waals surface area contributed by atoms with Gasteiger partial charge < -0.3 is 10.1 Å². The van der Waals surface area contributed by atoms with Crippen LogP contribution in [0.1, 0.15) is 5.56 Å². The number of hydrogen-bond donors (Lipinski definition) is 1. The molecule has 0 atom stereocenters. The third kappa shape index (κ3) is 3.81. The summed E-state index contributed by atoms with van der Waals surface area (Å²) in [6.45, 7) is 1.78. The molecule has 20 heavy (non-hydrogen) atoms. The molecule has 5 heteroatoms. The van der Waals surface area contributed by atoms with Crippen molar-refractivity contribution in [2.45, 2.75) is 6.92 Å². The summed E-state index contributed by atoms with van der Waals surface area (Å²) in [6.07, 6.45) is 0. The fourth-order valence-electron chi connectivity index (χ4n) is 1.61. The third-order valence-electron chi connectivity index (χ3n) is 2.68. The van der Waals surface area contributed by atoms with Gasteiger partial charge in [0.15, 0.2) is 6.61 Å². The van der Waals surface area contributed by atoms with Crippen molar-refractivity contribution in [1.82, 2.24) is 0 Å². The first-order chi connectivity index (χ1) is 9.56. The van der Waals surface area contributed by atoms with Crippen molar-refractivity contribution < 1.29 is 13.9 Å². The maximum Gasteiger partial charge on any atom is 0.262 e. The molecule has 0 aliphatic heterocycles. The van der Waals surface area contributed by atoms with Crippen LogP contribution in [0.3, 0.4) is 0 Å². The van der Waals surface area contributed by atoms with E-state index < -0.39 is 0 Å². The van der Waals surface area contributed by atoms with Gasteiger partial charge in [0.2, 0.25) is 0 Å². The number of amides is 1. The van der Waals surface area contributed by atoms with E-state index in [0.717, 1.165) is 11.3 Å². The van der Waals surface area contributed by atoms with Gasteiger partial charge in [-0.1, -0.05) is 18.2 Å². The van der Waals surface area contributed by atoms with E-state index in [0.29, 0.717) is 10.2 Å². The normalized spacial score (nSPS) is 10.2. The Kier molecular flexibility index (Phi) is 4.74. The van der Waals surface area contributed by atoms with Crippen LogP contribution >= 0.6 is 15.9 Å². The fourth-order valence-corrected chi connectivity index (χ4v) is 1.97. The molecule has 3 nitrogen and oxygen atoms in total. The predicted octanol–water partition coefficient (Wildman–Crippen LogP) is 3.91. The van der Waals surface area contributed by atoms with E-state index in [1.165, 1.54) is 18.2 Å². The lowest BCUT2D eigenvalue weighted by Crippen LogP contribution is -2.20. The highest BCUT2D eigenvalue weighted by atomic mass is 79.9. The smallest absolute Gasteiger partial charge is 0.262 e. The Bertz CT molecular complexity index is 631. The van der Waals surface area contributed by atoms with E-state index in [9.17, 15) is 9.18 Å². The summed E-state index contributed by atoms with van der Waals surface area (Å²) < 4.78 is 18.7. The molecule has 0 fully saturated rings. The number of ether oxygens (including phenoxy) is 1. The quantitative estimate of drug-likeness (QED) is 0.918. The standard InChI is InChI=1S/C15H13BrFNO2/c1-10-4-2-3-5-14(10)18-15(19)9-20-11-6-7-13(17)12(16)8-11/h2-8H,9H2,1H3,(H,18,19). The van der Waals surface area contributed by atoms with Crippen LogP contribution in [0.5, 0.6) is 5.75 Å². The number of carbonyl (C=O) groups is 1. The minimum absolute atomic E-state index is 0.133. The van der Waals surface area contributed by atoms with Crippen molar-refractivity contribution in [2.75, 3.05) is 11.9 Å². The summed E-state index contributed by atoms with van der Waals surface area (Å²) in [6, 6.07) is 11.7. The first kappa shape index (κ1) is 14.5. The van der Waals surface area contributed by atoms with E-state index in [1.54, 1.807) is 0 Å². The van der Waals surface area contributed by atoms with Gasteiger partial charge >= 0.3 is 0 Å². The first-order valence-corrected chi connectivity index (χ1v) is 6.79. The SMILES string of the molecule is Cc1ccccc1NC(=O)COc1ccc(F)c(Br)c1. The average Bonchev–Trinajstić information content (AvgIpc) is 2.43. The largest absolute Gasteiger partial charge is 0.484 e. The van der Waals surface area contributed by atoms with Gasteiger partial charge in [0.1, 0.15) is 11.6 Å². The van der Waals surface area contributed by atoms with E-state index >= 15 is 0 Å². The molecule has 0 aliphatic carbocycles. The summed E-state index contributed by atoms with van der Waals surface area (Å²) in [7, 11) is 0. The summed E-state index contributed by atoms with van der Waals surface area (Å²) in [5, 5.41) is 2.76. The highest BCUT2D eigenvalue weighted by Gasteiger charge is 2.06. The van der Waals surface area contributed by atoms with Crippen molar-refractivity contribution in [3.8, 4) is 5.75 Å². The summed E-state index contributed by atoms with van der Waals surface area (Å²) >= 11 is 3.06. The lowest BCUT2D eigenvalue weighted by Gasteiger charge is -2.09. The van der Waals surface area contributed by atoms with Crippen LogP contribution in [0.4, 0.5) is 10.1 Å². The molecule has 0 radical (unpaired) electrons. The molecule has 0 aromatic heterocycles. The molecule has 0 unspecified atom stereocenters. The number of rotatable bonds is 4. The van der Waals surface area contributed by atoms with E-state index in [-0.39, 0.29) is 18.3 Å². The molecule has 104 valence electrons. The second-order valence-electron chi connectivity index (χ2n) is 4.23. The fraction of sp³-hybridized carbons (Fsp3) is 0.133. The highest BCUT2D eigenvalue weighted by Crippen LogP contribution is 2.21. The molecule has 0 saturated carbocycles. The Balaban J connectivity index is 1.92. The van der Waals surface area contributed by atoms with Crippen LogP contribution in [0.25, 0.3) is 0 Å². The number of carbonyl (C=O) groups excluding carboxylic acids is 1. The zero-order valence-electron chi connectivity index (χ0n) is 10.8. The van der Waals surface area contributed by atoms with Crippen molar-refractivity contribution in [3.63, 3.8) is 0 Å². The molecular weight excluding hydrogens is 325 g/mol. The van der Waals surface area contributed by atoms with Crippen LogP contribution in [0.15, 0.2) is 46.9 Å². The number of anilines is 1. The zero-order valence-corrected chi connectivity index (χ0v) is 12.4. The summed E-state index contributed by atoms with van der Waals surface area (Å²) in [4.78, 5) is 11.8. The number of nitrogens with one attached hydrogen (secondary N) is 1. The predicted molar refractivity (Wildman–Crippen MR) is 79.4 cm³/mol. The van der Waals surface area contributed by atoms with Crippen LogP contribution in [0.2, 0.25) is 0 Å². The van der Waals surface area contributed by atoms with Crippen molar-refractivity contribution >= 4 is 27.5 Å². The average molecular weight is 338 g/mol. The summed E-state index contributed by atoms with van der Waals surface area (Å²) in [5.41, 5.74) is 1.73. The van der Waals surface area contributed by atoms with Crippen molar-refractivity contribution in [2.24, 2.45) is 0 Å². The maximum absolute atomic E-state index is 13.0. The lowest BCUT2D eigenvalue weighted by atomic mass is 10.2. The minimum Gasteiger partial charge on any atom is -0.484 e.